The van der Waals surface area contributed by atoms with Crippen LogP contribution in [-0.4, -0.2) is 31.6 Å². The third-order valence-corrected chi connectivity index (χ3v) is 5.22. The maximum atomic E-state index is 13.6. The Morgan fingerprint density at radius 2 is 2.10 bits per heavy atom. The van der Waals surface area contributed by atoms with Crippen molar-refractivity contribution in [1.82, 2.24) is 4.31 Å². The summed E-state index contributed by atoms with van der Waals surface area (Å²) in [6.07, 6.45) is 1.15. The van der Waals surface area contributed by atoms with Crippen molar-refractivity contribution in [3.63, 3.8) is 0 Å². The molecule has 1 aromatic rings. The Balaban J connectivity index is 2.35. The van der Waals surface area contributed by atoms with E-state index in [1.54, 1.807) is 0 Å². The molecule has 1 saturated heterocycles. The van der Waals surface area contributed by atoms with E-state index in [9.17, 15) is 17.2 Å². The van der Waals surface area contributed by atoms with Crippen molar-refractivity contribution < 1.29 is 17.2 Å². The van der Waals surface area contributed by atoms with Crippen molar-refractivity contribution >= 4 is 15.9 Å². The van der Waals surface area contributed by atoms with Gasteiger partial charge in [-0.15, -0.1) is 0 Å². The van der Waals surface area contributed by atoms with E-state index < -0.39 is 26.6 Å². The van der Waals surface area contributed by atoms with E-state index in [2.05, 4.69) is 0 Å². The predicted molar refractivity (Wildman–Crippen MR) is 69.8 cm³/mol. The first-order valence-corrected chi connectivity index (χ1v) is 7.55. The Hall–Kier alpha value is -1.54. The molecule has 5 nitrogen and oxygen atoms in total. The molecule has 110 valence electrons. The van der Waals surface area contributed by atoms with Crippen LogP contribution in [0.5, 0.6) is 0 Å². The average Bonchev–Trinajstić information content (AvgIpc) is 2.41. The zero-order valence-electron chi connectivity index (χ0n) is 10.6. The van der Waals surface area contributed by atoms with Gasteiger partial charge in [0.15, 0.2) is 0 Å². The van der Waals surface area contributed by atoms with Crippen LogP contribution in [0.15, 0.2) is 23.1 Å². The van der Waals surface area contributed by atoms with E-state index in [-0.39, 0.29) is 24.8 Å². The van der Waals surface area contributed by atoms with Crippen molar-refractivity contribution in [1.29, 1.82) is 5.41 Å². The van der Waals surface area contributed by atoms with Crippen LogP contribution in [0, 0.1) is 23.0 Å². The van der Waals surface area contributed by atoms with Crippen LogP contribution in [0.3, 0.4) is 0 Å². The number of nitrogens with one attached hydrogen (secondary N) is 1. The summed E-state index contributed by atoms with van der Waals surface area (Å²) >= 11 is 0. The molecule has 1 atom stereocenters. The zero-order valence-corrected chi connectivity index (χ0v) is 11.5. The molecule has 2 rings (SSSR count). The van der Waals surface area contributed by atoms with Gasteiger partial charge in [-0.3, -0.25) is 5.41 Å². The van der Waals surface area contributed by atoms with E-state index in [4.69, 9.17) is 11.1 Å². The van der Waals surface area contributed by atoms with E-state index in [1.165, 1.54) is 0 Å². The molecule has 1 unspecified atom stereocenters. The number of rotatable bonds is 3. The van der Waals surface area contributed by atoms with Crippen LogP contribution >= 0.6 is 0 Å². The number of sulfonamides is 1. The smallest absolute Gasteiger partial charge is 0.246 e. The van der Waals surface area contributed by atoms with Gasteiger partial charge in [0.05, 0.1) is 5.84 Å². The van der Waals surface area contributed by atoms with Gasteiger partial charge in [0, 0.05) is 19.0 Å². The molecular weight excluding hydrogens is 288 g/mol. The summed E-state index contributed by atoms with van der Waals surface area (Å²) in [5.74, 6) is -2.28. The summed E-state index contributed by atoms with van der Waals surface area (Å²) in [4.78, 5) is -0.679. The lowest BCUT2D eigenvalue weighted by Crippen LogP contribution is -2.44. The molecule has 0 aromatic heterocycles. The van der Waals surface area contributed by atoms with Crippen molar-refractivity contribution in [2.24, 2.45) is 11.7 Å². The van der Waals surface area contributed by atoms with E-state index >= 15 is 0 Å². The van der Waals surface area contributed by atoms with Crippen LogP contribution in [0.4, 0.5) is 8.78 Å². The van der Waals surface area contributed by atoms with E-state index in [1.807, 2.05) is 0 Å². The number of hydrogen-bond donors (Lipinski definition) is 2. The molecule has 0 bridgehead atoms. The Morgan fingerprint density at radius 1 is 1.40 bits per heavy atom. The molecule has 0 saturated carbocycles. The first-order chi connectivity index (χ1) is 9.32. The van der Waals surface area contributed by atoms with Crippen LogP contribution in [0.1, 0.15) is 12.8 Å². The number of hydrogen-bond acceptors (Lipinski definition) is 3. The summed E-state index contributed by atoms with van der Waals surface area (Å²) < 4.78 is 52.5. The summed E-state index contributed by atoms with van der Waals surface area (Å²) in [5, 5.41) is 7.39. The van der Waals surface area contributed by atoms with Gasteiger partial charge in [0.1, 0.15) is 16.5 Å². The summed E-state index contributed by atoms with van der Waals surface area (Å²) in [5.41, 5.74) is 5.39. The minimum Gasteiger partial charge on any atom is -0.387 e. The van der Waals surface area contributed by atoms with E-state index in [0.717, 1.165) is 16.4 Å². The molecule has 8 heteroatoms. The average molecular weight is 303 g/mol. The predicted octanol–water partition coefficient (Wildman–Crippen LogP) is 1.30. The lowest BCUT2D eigenvalue weighted by molar-refractivity contribution is 0.309. The third-order valence-electron chi connectivity index (χ3n) is 3.34. The second kappa shape index (κ2) is 5.45. The van der Waals surface area contributed by atoms with Crippen molar-refractivity contribution in [3.05, 3.63) is 29.8 Å². The SMILES string of the molecule is N=C(N)C1CCCN(S(=O)(=O)c2cc(F)ccc2F)C1. The monoisotopic (exact) mass is 303 g/mol. The molecule has 20 heavy (non-hydrogen) atoms. The Kier molecular flexibility index (Phi) is 4.05. The van der Waals surface area contributed by atoms with Crippen molar-refractivity contribution in [3.8, 4) is 0 Å². The lowest BCUT2D eigenvalue weighted by Gasteiger charge is -2.31. The molecule has 1 aliphatic heterocycles. The fourth-order valence-corrected chi connectivity index (χ4v) is 3.83. The normalized spacial score (nSPS) is 20.8. The summed E-state index contributed by atoms with van der Waals surface area (Å²) in [6, 6.07) is 2.32. The van der Waals surface area contributed by atoms with Gasteiger partial charge in [-0.05, 0) is 31.0 Å². The van der Waals surface area contributed by atoms with Crippen LogP contribution in [0.25, 0.3) is 0 Å². The highest BCUT2D eigenvalue weighted by Gasteiger charge is 2.33. The second-order valence-corrected chi connectivity index (χ2v) is 6.64. The fraction of sp³-hybridized carbons (Fsp3) is 0.417. The van der Waals surface area contributed by atoms with Gasteiger partial charge in [0.2, 0.25) is 10.0 Å². The first-order valence-electron chi connectivity index (χ1n) is 6.11. The largest absolute Gasteiger partial charge is 0.387 e. The molecule has 1 heterocycles. The number of piperidine rings is 1. The molecule has 1 aromatic carbocycles. The summed E-state index contributed by atoms with van der Waals surface area (Å²) in [6.45, 7) is 0.232. The molecule has 0 spiro atoms. The molecular formula is C12H15F2N3O2S. The highest BCUT2D eigenvalue weighted by atomic mass is 32.2. The van der Waals surface area contributed by atoms with Gasteiger partial charge in [0.25, 0.3) is 0 Å². The topological polar surface area (TPSA) is 87.2 Å². The maximum Gasteiger partial charge on any atom is 0.246 e. The fourth-order valence-electron chi connectivity index (χ4n) is 2.23. The highest BCUT2D eigenvalue weighted by Crippen LogP contribution is 2.25. The molecule has 1 fully saturated rings. The van der Waals surface area contributed by atoms with Gasteiger partial charge in [-0.1, -0.05) is 0 Å². The molecule has 1 aliphatic rings. The second-order valence-electron chi connectivity index (χ2n) is 4.73. The molecule has 0 amide bonds. The standard InChI is InChI=1S/C12H15F2N3O2S/c13-9-3-4-10(14)11(6-9)20(18,19)17-5-1-2-8(7-17)12(15)16/h3-4,6,8H,1-2,5,7H2,(H3,15,16). The first kappa shape index (κ1) is 14.9. The van der Waals surface area contributed by atoms with Crippen molar-refractivity contribution in [2.75, 3.05) is 13.1 Å². The Bertz CT molecular complexity index is 634. The summed E-state index contributed by atoms with van der Waals surface area (Å²) in [7, 11) is -4.12. The van der Waals surface area contributed by atoms with Gasteiger partial charge in [-0.25, -0.2) is 17.2 Å². The number of benzene rings is 1. The molecule has 3 N–H and O–H groups in total. The number of halogens is 2. The number of nitrogens with zero attached hydrogens (tertiary/aromatic N) is 1. The quantitative estimate of drug-likeness (QED) is 0.652. The van der Waals surface area contributed by atoms with Crippen LogP contribution < -0.4 is 5.73 Å². The number of nitrogens with two attached hydrogens (primary N) is 1. The van der Waals surface area contributed by atoms with Crippen LogP contribution in [-0.2, 0) is 10.0 Å². The number of amidine groups is 1. The lowest BCUT2D eigenvalue weighted by atomic mass is 9.99. The minimum atomic E-state index is -4.12. The van der Waals surface area contributed by atoms with Crippen LogP contribution in [0.2, 0.25) is 0 Å². The highest BCUT2D eigenvalue weighted by molar-refractivity contribution is 7.89. The zero-order chi connectivity index (χ0) is 14.9. The van der Waals surface area contributed by atoms with Gasteiger partial charge >= 0.3 is 0 Å². The van der Waals surface area contributed by atoms with Gasteiger partial charge in [-0.2, -0.15) is 4.31 Å². The Labute approximate surface area is 115 Å². The maximum absolute atomic E-state index is 13.6. The third kappa shape index (κ3) is 2.80. The van der Waals surface area contributed by atoms with Crippen molar-refractivity contribution in [2.45, 2.75) is 17.7 Å². The van der Waals surface area contributed by atoms with Gasteiger partial charge < -0.3 is 5.73 Å². The van der Waals surface area contributed by atoms with E-state index in [0.29, 0.717) is 18.9 Å². The minimum absolute atomic E-state index is 0.0214. The Morgan fingerprint density at radius 3 is 2.75 bits per heavy atom. The molecule has 0 aliphatic carbocycles. The molecule has 0 radical (unpaired) electrons.